The van der Waals surface area contributed by atoms with Crippen LogP contribution in [0, 0.1) is 0 Å². The van der Waals surface area contributed by atoms with Crippen LogP contribution >= 0.6 is 11.6 Å². The highest BCUT2D eigenvalue weighted by atomic mass is 35.5. The maximum Gasteiger partial charge on any atom is 0.282 e. The molecule has 41 heavy (non-hydrogen) atoms. The monoisotopic (exact) mass is 574 g/mol. The van der Waals surface area contributed by atoms with E-state index in [9.17, 15) is 9.59 Å². The number of halogens is 1. The predicted octanol–water partition coefficient (Wildman–Crippen LogP) is 6.01. The summed E-state index contributed by atoms with van der Waals surface area (Å²) in [6.45, 7) is -0.272. The molecule has 0 aliphatic heterocycles. The molecule has 1 aliphatic rings. The molecule has 0 bridgehead atoms. The molecule has 1 aromatic heterocycles. The lowest BCUT2D eigenvalue weighted by molar-refractivity contribution is -0.118. The largest absolute Gasteiger partial charge is 0.493 e. The highest BCUT2D eigenvalue weighted by Gasteiger charge is 2.22. The molecule has 4 aromatic rings. The average Bonchev–Trinajstić information content (AvgIpc) is 3.00. The Morgan fingerprint density at radius 1 is 1.05 bits per heavy atom. The zero-order valence-electron chi connectivity index (χ0n) is 22.9. The second kappa shape index (κ2) is 12.9. The van der Waals surface area contributed by atoms with E-state index in [1.165, 1.54) is 25.3 Å². The molecule has 10 heteroatoms. The standard InChI is InChI=1S/C31H31ClN4O5/c1-39-26-16-20(17-27(40-2)29(26)41-19-28(37)34-23-14-12-22(32)13-15-23)18-33-36-30(21-8-4-3-5-9-21)35-25-11-7-6-10-24(25)31(36)38/h6-7,10-18,21H,3-5,8-9,19H2,1-2H3,(H,34,37). The van der Waals surface area contributed by atoms with E-state index in [0.717, 1.165) is 25.7 Å². The van der Waals surface area contributed by atoms with E-state index in [2.05, 4.69) is 10.4 Å². The van der Waals surface area contributed by atoms with E-state index in [0.29, 0.717) is 44.5 Å². The minimum atomic E-state index is -0.361. The molecule has 1 N–H and O–H groups in total. The van der Waals surface area contributed by atoms with Crippen molar-refractivity contribution in [2.75, 3.05) is 26.1 Å². The van der Waals surface area contributed by atoms with Gasteiger partial charge in [-0.2, -0.15) is 9.78 Å². The summed E-state index contributed by atoms with van der Waals surface area (Å²) in [5.74, 6) is 1.45. The van der Waals surface area contributed by atoms with E-state index in [1.54, 1.807) is 48.7 Å². The third kappa shape index (κ3) is 6.52. The van der Waals surface area contributed by atoms with E-state index < -0.39 is 0 Å². The Bertz CT molecular complexity index is 1600. The van der Waals surface area contributed by atoms with Crippen LogP contribution in [-0.4, -0.2) is 42.6 Å². The Kier molecular flexibility index (Phi) is 8.84. The summed E-state index contributed by atoms with van der Waals surface area (Å²) in [6.07, 6.45) is 6.91. The predicted molar refractivity (Wildman–Crippen MR) is 160 cm³/mol. The number of rotatable bonds is 9. The van der Waals surface area contributed by atoms with E-state index >= 15 is 0 Å². The number of aromatic nitrogens is 2. The highest BCUT2D eigenvalue weighted by molar-refractivity contribution is 6.30. The molecule has 0 saturated heterocycles. The van der Waals surface area contributed by atoms with Gasteiger partial charge in [-0.05, 0) is 61.4 Å². The zero-order valence-corrected chi connectivity index (χ0v) is 23.7. The second-order valence-electron chi connectivity index (χ2n) is 9.78. The van der Waals surface area contributed by atoms with Gasteiger partial charge in [-0.15, -0.1) is 0 Å². The number of hydrogen-bond donors (Lipinski definition) is 1. The molecule has 0 spiro atoms. The summed E-state index contributed by atoms with van der Waals surface area (Å²) in [5.41, 5.74) is 1.68. The van der Waals surface area contributed by atoms with Crippen LogP contribution < -0.4 is 25.1 Å². The summed E-state index contributed by atoms with van der Waals surface area (Å²) < 4.78 is 18.3. The fourth-order valence-electron chi connectivity index (χ4n) is 4.99. The number of carbonyl (C=O) groups excluding carboxylic acids is 1. The van der Waals surface area contributed by atoms with Gasteiger partial charge in [0.1, 0.15) is 5.82 Å². The van der Waals surface area contributed by atoms with Crippen LogP contribution in [-0.2, 0) is 4.79 Å². The third-order valence-corrected chi connectivity index (χ3v) is 7.28. The summed E-state index contributed by atoms with van der Waals surface area (Å²) in [4.78, 5) is 30.8. The molecule has 1 saturated carbocycles. The van der Waals surface area contributed by atoms with Crippen molar-refractivity contribution in [1.29, 1.82) is 0 Å². The van der Waals surface area contributed by atoms with Gasteiger partial charge in [0.25, 0.3) is 11.5 Å². The van der Waals surface area contributed by atoms with Crippen molar-refractivity contribution >= 4 is 40.3 Å². The summed E-state index contributed by atoms with van der Waals surface area (Å²) in [6, 6.07) is 17.5. The van der Waals surface area contributed by atoms with Gasteiger partial charge in [0.2, 0.25) is 5.75 Å². The molecule has 1 fully saturated rings. The number of amides is 1. The average molecular weight is 575 g/mol. The number of nitrogens with one attached hydrogen (secondary N) is 1. The lowest BCUT2D eigenvalue weighted by Gasteiger charge is -2.22. The van der Waals surface area contributed by atoms with Crippen LogP contribution in [0.25, 0.3) is 10.9 Å². The maximum absolute atomic E-state index is 13.5. The normalized spacial score (nSPS) is 13.8. The zero-order chi connectivity index (χ0) is 28.8. The first-order valence-corrected chi connectivity index (χ1v) is 13.8. The lowest BCUT2D eigenvalue weighted by atomic mass is 9.88. The third-order valence-electron chi connectivity index (χ3n) is 7.03. The molecule has 9 nitrogen and oxygen atoms in total. The first-order valence-electron chi connectivity index (χ1n) is 13.5. The number of hydrogen-bond acceptors (Lipinski definition) is 7. The van der Waals surface area contributed by atoms with Crippen molar-refractivity contribution in [3.63, 3.8) is 0 Å². The van der Waals surface area contributed by atoms with Crippen molar-refractivity contribution in [3.05, 3.63) is 87.4 Å². The Morgan fingerprint density at radius 2 is 1.73 bits per heavy atom. The van der Waals surface area contributed by atoms with E-state index in [1.807, 2.05) is 18.2 Å². The van der Waals surface area contributed by atoms with Gasteiger partial charge in [0, 0.05) is 22.2 Å². The molecule has 0 atom stereocenters. The van der Waals surface area contributed by atoms with Gasteiger partial charge in [-0.3, -0.25) is 9.59 Å². The number of ether oxygens (including phenoxy) is 3. The fourth-order valence-corrected chi connectivity index (χ4v) is 5.11. The van der Waals surface area contributed by atoms with Crippen LogP contribution in [0.4, 0.5) is 5.69 Å². The number of nitrogens with zero attached hydrogens (tertiary/aromatic N) is 3. The Morgan fingerprint density at radius 3 is 2.41 bits per heavy atom. The first kappa shape index (κ1) is 28.2. The summed E-state index contributed by atoms with van der Waals surface area (Å²) in [5, 5.41) is 8.44. The van der Waals surface area contributed by atoms with Crippen molar-refractivity contribution in [2.45, 2.75) is 38.0 Å². The van der Waals surface area contributed by atoms with E-state index in [-0.39, 0.29) is 29.7 Å². The van der Waals surface area contributed by atoms with Crippen molar-refractivity contribution < 1.29 is 19.0 Å². The van der Waals surface area contributed by atoms with Gasteiger partial charge in [0.05, 0.1) is 31.3 Å². The van der Waals surface area contributed by atoms with Gasteiger partial charge in [-0.25, -0.2) is 4.98 Å². The topological polar surface area (TPSA) is 104 Å². The molecule has 3 aromatic carbocycles. The van der Waals surface area contributed by atoms with Gasteiger partial charge < -0.3 is 19.5 Å². The molecule has 1 heterocycles. The molecule has 212 valence electrons. The maximum atomic E-state index is 13.5. The number of methoxy groups -OCH3 is 2. The van der Waals surface area contributed by atoms with Crippen molar-refractivity contribution in [1.82, 2.24) is 9.66 Å². The smallest absolute Gasteiger partial charge is 0.282 e. The SMILES string of the molecule is COc1cc(C=Nn2c(C3CCCCC3)nc3ccccc3c2=O)cc(OC)c1OCC(=O)Nc1ccc(Cl)cc1. The number of anilines is 1. The molecular formula is C31H31ClN4O5. The molecule has 0 radical (unpaired) electrons. The van der Waals surface area contributed by atoms with Gasteiger partial charge in [-0.1, -0.05) is 43.0 Å². The molecule has 0 unspecified atom stereocenters. The fraction of sp³-hybridized carbons (Fsp3) is 0.290. The number of carbonyl (C=O) groups is 1. The number of benzene rings is 3. The quantitative estimate of drug-likeness (QED) is 0.245. The number of para-hydroxylation sites is 1. The van der Waals surface area contributed by atoms with Crippen LogP contribution in [0.2, 0.25) is 5.02 Å². The number of fused-ring (bicyclic) bond motifs is 1. The lowest BCUT2D eigenvalue weighted by Crippen LogP contribution is -2.25. The van der Waals surface area contributed by atoms with Crippen LogP contribution in [0.15, 0.2) is 70.6 Å². The molecular weight excluding hydrogens is 544 g/mol. The second-order valence-corrected chi connectivity index (χ2v) is 10.2. The van der Waals surface area contributed by atoms with Gasteiger partial charge >= 0.3 is 0 Å². The first-order chi connectivity index (χ1) is 20.0. The Balaban J connectivity index is 1.42. The Labute approximate surface area is 242 Å². The molecule has 1 aliphatic carbocycles. The Hall–Kier alpha value is -4.37. The minimum Gasteiger partial charge on any atom is -0.493 e. The minimum absolute atomic E-state index is 0.164. The molecule has 5 rings (SSSR count). The summed E-state index contributed by atoms with van der Waals surface area (Å²) in [7, 11) is 2.99. The highest BCUT2D eigenvalue weighted by Crippen LogP contribution is 2.38. The van der Waals surface area contributed by atoms with Crippen molar-refractivity contribution in [3.8, 4) is 17.2 Å². The summed E-state index contributed by atoms with van der Waals surface area (Å²) >= 11 is 5.91. The van der Waals surface area contributed by atoms with Crippen LogP contribution in [0.3, 0.4) is 0 Å². The molecule has 1 amide bonds. The van der Waals surface area contributed by atoms with Crippen LogP contribution in [0.1, 0.15) is 49.4 Å². The van der Waals surface area contributed by atoms with Gasteiger partial charge in [0.15, 0.2) is 18.1 Å². The van der Waals surface area contributed by atoms with E-state index in [4.69, 9.17) is 30.8 Å². The van der Waals surface area contributed by atoms with Crippen LogP contribution in [0.5, 0.6) is 17.2 Å². The van der Waals surface area contributed by atoms with Crippen molar-refractivity contribution in [2.24, 2.45) is 5.10 Å².